The van der Waals surface area contributed by atoms with E-state index in [9.17, 15) is 0 Å². The lowest BCUT2D eigenvalue weighted by molar-refractivity contribution is 0.755. The van der Waals surface area contributed by atoms with Gasteiger partial charge in [-0.2, -0.15) is 0 Å². The van der Waals surface area contributed by atoms with Gasteiger partial charge < -0.3 is 5.32 Å². The molecule has 0 aliphatic carbocycles. The SMILES string of the molecule is CCc1nc(-c2cc(C)nc(C)c2)nc2c1CNC2. The molecule has 0 atom stereocenters. The van der Waals surface area contributed by atoms with Crippen LogP contribution in [0, 0.1) is 13.8 Å². The van der Waals surface area contributed by atoms with Crippen molar-refractivity contribution in [3.63, 3.8) is 0 Å². The summed E-state index contributed by atoms with van der Waals surface area (Å²) < 4.78 is 0. The molecule has 1 N–H and O–H groups in total. The number of pyridine rings is 1. The fourth-order valence-electron chi connectivity index (χ4n) is 2.62. The van der Waals surface area contributed by atoms with Crippen molar-refractivity contribution in [2.75, 3.05) is 0 Å². The Kier molecular flexibility index (Phi) is 3.03. The van der Waals surface area contributed by atoms with Crippen molar-refractivity contribution >= 4 is 0 Å². The highest BCUT2D eigenvalue weighted by atomic mass is 15.0. The van der Waals surface area contributed by atoms with Crippen LogP contribution in [0.2, 0.25) is 0 Å². The van der Waals surface area contributed by atoms with Gasteiger partial charge in [0.25, 0.3) is 0 Å². The lowest BCUT2D eigenvalue weighted by atomic mass is 10.1. The summed E-state index contributed by atoms with van der Waals surface area (Å²) in [6.07, 6.45) is 0.947. The lowest BCUT2D eigenvalue weighted by Gasteiger charge is -2.09. The standard InChI is InChI=1S/C15H18N4/c1-4-13-12-7-16-8-14(12)19-15(18-13)11-5-9(2)17-10(3)6-11/h5-6,16H,4,7-8H2,1-3H3. The predicted octanol–water partition coefficient (Wildman–Crippen LogP) is 2.32. The van der Waals surface area contributed by atoms with Gasteiger partial charge >= 0.3 is 0 Å². The third-order valence-electron chi connectivity index (χ3n) is 3.45. The second-order valence-corrected chi connectivity index (χ2v) is 5.01. The summed E-state index contributed by atoms with van der Waals surface area (Å²) in [7, 11) is 0. The predicted molar refractivity (Wildman–Crippen MR) is 74.7 cm³/mol. The maximum atomic E-state index is 4.74. The molecule has 0 fully saturated rings. The molecule has 1 aliphatic heterocycles. The second kappa shape index (κ2) is 4.70. The molecular formula is C15H18N4. The molecule has 2 aromatic heterocycles. The molecule has 3 heterocycles. The highest BCUT2D eigenvalue weighted by Gasteiger charge is 2.18. The summed E-state index contributed by atoms with van der Waals surface area (Å²) in [6, 6.07) is 4.10. The van der Waals surface area contributed by atoms with Crippen LogP contribution in [0.4, 0.5) is 0 Å². The first-order chi connectivity index (χ1) is 9.17. The Bertz CT molecular complexity index is 614. The Balaban J connectivity index is 2.15. The van der Waals surface area contributed by atoms with Crippen LogP contribution in [0.5, 0.6) is 0 Å². The van der Waals surface area contributed by atoms with Crippen molar-refractivity contribution in [2.45, 2.75) is 40.3 Å². The van der Waals surface area contributed by atoms with Gasteiger partial charge in [0, 0.05) is 41.3 Å². The average molecular weight is 254 g/mol. The summed E-state index contributed by atoms with van der Waals surface area (Å²) in [5.41, 5.74) is 6.68. The van der Waals surface area contributed by atoms with E-state index in [1.807, 2.05) is 13.8 Å². The molecule has 2 aromatic rings. The summed E-state index contributed by atoms with van der Waals surface area (Å²) in [5, 5.41) is 3.35. The normalized spacial score (nSPS) is 13.6. The van der Waals surface area contributed by atoms with E-state index < -0.39 is 0 Å². The molecule has 3 rings (SSSR count). The third kappa shape index (κ3) is 2.24. The molecule has 0 aromatic carbocycles. The van der Waals surface area contributed by atoms with E-state index >= 15 is 0 Å². The van der Waals surface area contributed by atoms with Crippen LogP contribution in [0.15, 0.2) is 12.1 Å². The van der Waals surface area contributed by atoms with Crippen LogP contribution in [-0.4, -0.2) is 15.0 Å². The molecule has 0 amide bonds. The number of aromatic nitrogens is 3. The molecule has 1 aliphatic rings. The number of rotatable bonds is 2. The number of fused-ring (bicyclic) bond motifs is 1. The second-order valence-electron chi connectivity index (χ2n) is 5.01. The van der Waals surface area contributed by atoms with Gasteiger partial charge in [0.2, 0.25) is 0 Å². The van der Waals surface area contributed by atoms with Gasteiger partial charge in [-0.25, -0.2) is 9.97 Å². The van der Waals surface area contributed by atoms with Crippen molar-refractivity contribution in [1.82, 2.24) is 20.3 Å². The quantitative estimate of drug-likeness (QED) is 0.893. The zero-order valence-corrected chi connectivity index (χ0v) is 11.6. The van der Waals surface area contributed by atoms with Gasteiger partial charge in [0.15, 0.2) is 5.82 Å². The van der Waals surface area contributed by atoms with Crippen LogP contribution >= 0.6 is 0 Å². The van der Waals surface area contributed by atoms with Crippen molar-refractivity contribution in [3.05, 3.63) is 40.5 Å². The zero-order chi connectivity index (χ0) is 13.4. The van der Waals surface area contributed by atoms with E-state index in [1.54, 1.807) is 0 Å². The van der Waals surface area contributed by atoms with Crippen molar-refractivity contribution in [2.24, 2.45) is 0 Å². The van der Waals surface area contributed by atoms with E-state index in [1.165, 1.54) is 5.56 Å². The Hall–Kier alpha value is -1.81. The molecule has 0 bridgehead atoms. The summed E-state index contributed by atoms with van der Waals surface area (Å²) in [5.74, 6) is 0.827. The van der Waals surface area contributed by atoms with Crippen LogP contribution in [0.3, 0.4) is 0 Å². The smallest absolute Gasteiger partial charge is 0.159 e. The third-order valence-corrected chi connectivity index (χ3v) is 3.45. The van der Waals surface area contributed by atoms with Gasteiger partial charge in [-0.1, -0.05) is 6.92 Å². The Labute approximate surface area is 113 Å². The Morgan fingerprint density at radius 1 is 1.05 bits per heavy atom. The first-order valence-electron chi connectivity index (χ1n) is 6.72. The highest BCUT2D eigenvalue weighted by molar-refractivity contribution is 5.57. The fraction of sp³-hybridized carbons (Fsp3) is 0.400. The first kappa shape index (κ1) is 12.2. The van der Waals surface area contributed by atoms with E-state index in [0.717, 1.165) is 53.7 Å². The van der Waals surface area contributed by atoms with Gasteiger partial charge in [-0.15, -0.1) is 0 Å². The topological polar surface area (TPSA) is 50.7 Å². The van der Waals surface area contributed by atoms with Gasteiger partial charge in [0.1, 0.15) is 0 Å². The number of aryl methyl sites for hydroxylation is 3. The molecule has 0 unspecified atom stereocenters. The fourth-order valence-corrected chi connectivity index (χ4v) is 2.62. The summed E-state index contributed by atoms with van der Waals surface area (Å²) in [6.45, 7) is 7.90. The highest BCUT2D eigenvalue weighted by Crippen LogP contribution is 2.23. The molecule has 0 spiro atoms. The molecule has 4 heteroatoms. The number of nitrogens with zero attached hydrogens (tertiary/aromatic N) is 3. The van der Waals surface area contributed by atoms with E-state index in [4.69, 9.17) is 9.97 Å². The van der Waals surface area contributed by atoms with Crippen molar-refractivity contribution < 1.29 is 0 Å². The van der Waals surface area contributed by atoms with Crippen LogP contribution in [-0.2, 0) is 19.5 Å². The average Bonchev–Trinajstić information content (AvgIpc) is 2.84. The molecule has 98 valence electrons. The van der Waals surface area contributed by atoms with Crippen molar-refractivity contribution in [1.29, 1.82) is 0 Å². The first-order valence-corrected chi connectivity index (χ1v) is 6.72. The van der Waals surface area contributed by atoms with Gasteiger partial charge in [0.05, 0.1) is 5.69 Å². The van der Waals surface area contributed by atoms with E-state index in [2.05, 4.69) is 29.4 Å². The minimum absolute atomic E-state index is 0.827. The molecule has 0 radical (unpaired) electrons. The summed E-state index contributed by atoms with van der Waals surface area (Å²) >= 11 is 0. The molecule has 4 nitrogen and oxygen atoms in total. The minimum Gasteiger partial charge on any atom is -0.307 e. The van der Waals surface area contributed by atoms with Crippen LogP contribution in [0.25, 0.3) is 11.4 Å². The zero-order valence-electron chi connectivity index (χ0n) is 11.6. The maximum absolute atomic E-state index is 4.74. The minimum atomic E-state index is 0.827. The number of nitrogens with one attached hydrogen (secondary N) is 1. The molecule has 0 saturated heterocycles. The largest absolute Gasteiger partial charge is 0.307 e. The Morgan fingerprint density at radius 3 is 2.47 bits per heavy atom. The molecule has 19 heavy (non-hydrogen) atoms. The maximum Gasteiger partial charge on any atom is 0.159 e. The Morgan fingerprint density at radius 2 is 1.79 bits per heavy atom. The molecular weight excluding hydrogens is 236 g/mol. The van der Waals surface area contributed by atoms with Crippen LogP contribution < -0.4 is 5.32 Å². The molecule has 0 saturated carbocycles. The number of hydrogen-bond donors (Lipinski definition) is 1. The monoisotopic (exact) mass is 254 g/mol. The summed E-state index contributed by atoms with van der Waals surface area (Å²) in [4.78, 5) is 13.9. The lowest BCUT2D eigenvalue weighted by Crippen LogP contribution is -2.03. The number of hydrogen-bond acceptors (Lipinski definition) is 4. The van der Waals surface area contributed by atoms with Gasteiger partial charge in [-0.3, -0.25) is 4.98 Å². The van der Waals surface area contributed by atoms with E-state index in [0.29, 0.717) is 0 Å². The van der Waals surface area contributed by atoms with Gasteiger partial charge in [-0.05, 0) is 32.4 Å². The van der Waals surface area contributed by atoms with Crippen molar-refractivity contribution in [3.8, 4) is 11.4 Å². The van der Waals surface area contributed by atoms with Crippen LogP contribution in [0.1, 0.15) is 35.3 Å². The van der Waals surface area contributed by atoms with E-state index in [-0.39, 0.29) is 0 Å².